The van der Waals surface area contributed by atoms with Crippen LogP contribution in [0.5, 0.6) is 0 Å². The Morgan fingerprint density at radius 2 is 1.20 bits per heavy atom. The lowest BCUT2D eigenvalue weighted by atomic mass is 9.84. The van der Waals surface area contributed by atoms with E-state index in [0.29, 0.717) is 0 Å². The van der Waals surface area contributed by atoms with Gasteiger partial charge < -0.3 is 13.4 Å². The average Bonchev–Trinajstić information content (AvgIpc) is 3.84. The molecular weight excluding hydrogens is 550 g/mol. The molecule has 11 rings (SSSR count). The molecule has 3 heteroatoms. The van der Waals surface area contributed by atoms with Crippen LogP contribution >= 0.6 is 0 Å². The molecule has 1 aliphatic heterocycles. The van der Waals surface area contributed by atoms with E-state index in [-0.39, 0.29) is 12.0 Å². The van der Waals surface area contributed by atoms with Gasteiger partial charge in [0.1, 0.15) is 23.0 Å². The third-order valence-electron chi connectivity index (χ3n) is 10.1. The molecule has 210 valence electrons. The Hall–Kier alpha value is -5.80. The second kappa shape index (κ2) is 8.43. The molecule has 3 nitrogen and oxygen atoms in total. The molecule has 6 aromatic carbocycles. The van der Waals surface area contributed by atoms with Gasteiger partial charge in [0, 0.05) is 38.4 Å². The van der Waals surface area contributed by atoms with E-state index in [9.17, 15) is 0 Å². The van der Waals surface area contributed by atoms with E-state index in [4.69, 9.17) is 8.83 Å². The third-order valence-corrected chi connectivity index (χ3v) is 10.1. The summed E-state index contributed by atoms with van der Waals surface area (Å²) in [5, 5.41) is 5.93. The lowest BCUT2D eigenvalue weighted by molar-refractivity contribution is 0.448. The van der Waals surface area contributed by atoms with E-state index in [1.54, 1.807) is 0 Å². The quantitative estimate of drug-likeness (QED) is 0.205. The largest absolute Gasteiger partial charge is 0.458 e. The fraction of sp³-hybridized carbons (Fsp3) is 0.0476. The molecule has 0 radical (unpaired) electrons. The molecule has 0 fully saturated rings. The van der Waals surface area contributed by atoms with Gasteiger partial charge in [-0.15, -0.1) is 0 Å². The number of furan rings is 2. The smallest absolute Gasteiger partial charge is 0.159 e. The Kier molecular flexibility index (Phi) is 4.43. The van der Waals surface area contributed by atoms with Crippen molar-refractivity contribution in [3.8, 4) is 22.3 Å². The molecule has 0 N–H and O–H groups in total. The molecule has 0 bridgehead atoms. The molecule has 0 saturated heterocycles. The van der Waals surface area contributed by atoms with Gasteiger partial charge in [0.15, 0.2) is 5.58 Å². The van der Waals surface area contributed by atoms with Gasteiger partial charge >= 0.3 is 0 Å². The second-order valence-electron chi connectivity index (χ2n) is 12.4. The van der Waals surface area contributed by atoms with Gasteiger partial charge in [-0.1, -0.05) is 103 Å². The maximum absolute atomic E-state index is 6.73. The minimum Gasteiger partial charge on any atom is -0.458 e. The van der Waals surface area contributed by atoms with Crippen LogP contribution < -0.4 is 0 Å². The zero-order valence-electron chi connectivity index (χ0n) is 24.2. The summed E-state index contributed by atoms with van der Waals surface area (Å²) in [6, 6.07) is 45.7. The number of para-hydroxylation sites is 2. The minimum absolute atomic E-state index is 0.00267. The monoisotopic (exact) mass is 575 g/mol. The Morgan fingerprint density at radius 1 is 0.489 bits per heavy atom. The average molecular weight is 576 g/mol. The predicted octanol–water partition coefficient (Wildman–Crippen LogP) is 11.5. The molecule has 2 unspecified atom stereocenters. The summed E-state index contributed by atoms with van der Waals surface area (Å²) in [6.07, 6.45) is 4.67. The van der Waals surface area contributed by atoms with Crippen LogP contribution in [0, 0.1) is 0 Å². The molecule has 0 spiro atoms. The van der Waals surface area contributed by atoms with E-state index >= 15 is 0 Å². The highest BCUT2D eigenvalue weighted by atomic mass is 16.3. The molecule has 0 amide bonds. The molecule has 4 heterocycles. The molecular formula is C42H25NO2. The van der Waals surface area contributed by atoms with Gasteiger partial charge in [-0.2, -0.15) is 0 Å². The SMILES string of the molecule is C1=CC2c3cc(-c4cccc(-c5ccccc5)c4)cc4c5ccc6c7ccccc7oc6c5n(c34)C2c2oc3ccccc3c21. The van der Waals surface area contributed by atoms with Crippen LogP contribution in [0.15, 0.2) is 142 Å². The first-order valence-corrected chi connectivity index (χ1v) is 15.6. The van der Waals surface area contributed by atoms with Crippen molar-refractivity contribution in [2.45, 2.75) is 12.0 Å². The third kappa shape index (κ3) is 3.05. The highest BCUT2D eigenvalue weighted by molar-refractivity contribution is 6.22. The summed E-state index contributed by atoms with van der Waals surface area (Å²) >= 11 is 0. The molecule has 0 saturated carbocycles. The Bertz CT molecular complexity index is 2720. The summed E-state index contributed by atoms with van der Waals surface area (Å²) in [5.74, 6) is 1.18. The van der Waals surface area contributed by atoms with Crippen LogP contribution in [0.1, 0.15) is 28.8 Å². The first-order chi connectivity index (χ1) is 22.3. The number of allylic oxidation sites excluding steroid dienone is 1. The Balaban J connectivity index is 1.24. The van der Waals surface area contributed by atoms with Crippen molar-refractivity contribution in [2.24, 2.45) is 0 Å². The highest BCUT2D eigenvalue weighted by Gasteiger charge is 2.42. The van der Waals surface area contributed by atoms with Crippen molar-refractivity contribution in [3.63, 3.8) is 0 Å². The van der Waals surface area contributed by atoms with Crippen molar-refractivity contribution in [2.75, 3.05) is 0 Å². The van der Waals surface area contributed by atoms with Crippen LogP contribution in [-0.2, 0) is 0 Å². The zero-order valence-corrected chi connectivity index (χ0v) is 24.2. The Morgan fingerprint density at radius 3 is 2.07 bits per heavy atom. The van der Waals surface area contributed by atoms with Crippen LogP contribution in [0.25, 0.3) is 83.0 Å². The second-order valence-corrected chi connectivity index (χ2v) is 12.4. The van der Waals surface area contributed by atoms with E-state index in [2.05, 4.69) is 138 Å². The summed E-state index contributed by atoms with van der Waals surface area (Å²) < 4.78 is 16.0. The van der Waals surface area contributed by atoms with E-state index < -0.39 is 0 Å². The number of nitrogens with zero attached hydrogens (tertiary/aromatic N) is 1. The zero-order chi connectivity index (χ0) is 29.2. The lowest BCUT2D eigenvalue weighted by Gasteiger charge is -2.23. The number of benzene rings is 6. The van der Waals surface area contributed by atoms with E-state index in [1.807, 2.05) is 6.07 Å². The first-order valence-electron chi connectivity index (χ1n) is 15.6. The summed E-state index contributed by atoms with van der Waals surface area (Å²) in [4.78, 5) is 0. The first kappa shape index (κ1) is 23.6. The number of aromatic nitrogens is 1. The summed E-state index contributed by atoms with van der Waals surface area (Å²) in [6.45, 7) is 0. The van der Waals surface area contributed by atoms with Gasteiger partial charge in [-0.25, -0.2) is 0 Å². The standard InChI is InChI=1S/C42H25NO2/c1-2-9-24(10-3-1)25-11-8-12-26(21-25)27-22-34-30-17-19-32-28-13-4-6-15-36(28)44-41(32)39(30)43-38(34)35(23-27)31-18-20-33-29-14-5-7-16-37(29)45-42(33)40(31)43/h1-23,30,39H. The molecule has 1 aliphatic carbocycles. The van der Waals surface area contributed by atoms with Crippen molar-refractivity contribution < 1.29 is 8.83 Å². The molecule has 2 atom stereocenters. The van der Waals surface area contributed by atoms with Gasteiger partial charge in [0.2, 0.25) is 0 Å². The fourth-order valence-electron chi connectivity index (χ4n) is 8.18. The fourth-order valence-corrected chi connectivity index (χ4v) is 8.18. The molecule has 45 heavy (non-hydrogen) atoms. The maximum atomic E-state index is 6.73. The van der Waals surface area contributed by atoms with Crippen molar-refractivity contribution in [1.29, 1.82) is 0 Å². The number of rotatable bonds is 2. The van der Waals surface area contributed by atoms with Crippen molar-refractivity contribution in [1.82, 2.24) is 4.57 Å². The van der Waals surface area contributed by atoms with Crippen LogP contribution in [0.2, 0.25) is 0 Å². The van der Waals surface area contributed by atoms with Crippen molar-refractivity contribution >= 4 is 60.8 Å². The van der Waals surface area contributed by atoms with Crippen LogP contribution in [0.4, 0.5) is 0 Å². The Labute approximate surface area is 258 Å². The maximum Gasteiger partial charge on any atom is 0.159 e. The van der Waals surface area contributed by atoms with E-state index in [1.165, 1.54) is 49.7 Å². The topological polar surface area (TPSA) is 31.2 Å². The van der Waals surface area contributed by atoms with Gasteiger partial charge in [0.05, 0.1) is 11.0 Å². The number of fused-ring (bicyclic) bond motifs is 14. The van der Waals surface area contributed by atoms with Crippen LogP contribution in [0.3, 0.4) is 0 Å². The van der Waals surface area contributed by atoms with Crippen LogP contribution in [-0.4, -0.2) is 4.57 Å². The highest BCUT2D eigenvalue weighted by Crippen LogP contribution is 2.56. The van der Waals surface area contributed by atoms with Gasteiger partial charge in [0.25, 0.3) is 0 Å². The molecule has 9 aromatic rings. The summed E-state index contributed by atoms with van der Waals surface area (Å²) in [7, 11) is 0. The lowest BCUT2D eigenvalue weighted by Crippen LogP contribution is -2.14. The molecule has 3 aromatic heterocycles. The minimum atomic E-state index is -0.00267. The molecule has 2 aliphatic rings. The number of hydrogen-bond acceptors (Lipinski definition) is 2. The summed E-state index contributed by atoms with van der Waals surface area (Å²) in [5.41, 5.74) is 12.6. The van der Waals surface area contributed by atoms with Gasteiger partial charge in [-0.05, 0) is 64.2 Å². The number of hydrogen-bond donors (Lipinski definition) is 0. The normalized spacial score (nSPS) is 16.8. The predicted molar refractivity (Wildman–Crippen MR) is 184 cm³/mol. The van der Waals surface area contributed by atoms with Gasteiger partial charge in [-0.3, -0.25) is 0 Å². The van der Waals surface area contributed by atoms with E-state index in [0.717, 1.165) is 44.2 Å². The van der Waals surface area contributed by atoms with Crippen molar-refractivity contribution in [3.05, 3.63) is 150 Å².